The van der Waals surface area contributed by atoms with Gasteiger partial charge in [-0.15, -0.1) is 0 Å². The molecule has 0 radical (unpaired) electrons. The van der Waals surface area contributed by atoms with Crippen LogP contribution < -0.4 is 5.32 Å². The Bertz CT molecular complexity index is 90.2. The third-order valence-corrected chi connectivity index (χ3v) is 0.352. The Balaban J connectivity index is 0. The molecule has 0 aliphatic rings. The van der Waals surface area contributed by atoms with Crippen molar-refractivity contribution < 1.29 is 9.59 Å². The van der Waals surface area contributed by atoms with Crippen LogP contribution in [0.5, 0.6) is 0 Å². The number of hydrogen-bond acceptors (Lipinski definition) is 2. The maximum absolute atomic E-state index is 9.92. The molecular formula is C4H10GaNO2. The van der Waals surface area contributed by atoms with Crippen LogP contribution in [0.1, 0.15) is 13.8 Å². The Morgan fingerprint density at radius 1 is 1.12 bits per heavy atom. The predicted molar refractivity (Wildman–Crippen MR) is 34.4 cm³/mol. The summed E-state index contributed by atoms with van der Waals surface area (Å²) in [6.07, 6.45) is 0. The van der Waals surface area contributed by atoms with Crippen molar-refractivity contribution in [2.45, 2.75) is 13.8 Å². The number of carbonyl (C=O) groups is 2. The first-order valence-corrected chi connectivity index (χ1v) is 1.91. The minimum absolute atomic E-state index is 0. The molecule has 0 fully saturated rings. The van der Waals surface area contributed by atoms with Crippen molar-refractivity contribution in [3.63, 3.8) is 0 Å². The average Bonchev–Trinajstić information content (AvgIpc) is 1.27. The summed E-state index contributed by atoms with van der Waals surface area (Å²) in [5.74, 6) is -0.625. The zero-order chi connectivity index (χ0) is 5.86. The van der Waals surface area contributed by atoms with Crippen molar-refractivity contribution in [3.05, 3.63) is 0 Å². The SMILES string of the molecule is CC(=O)NC(C)=O.[GaH3]. The average molecular weight is 174 g/mol. The summed E-state index contributed by atoms with van der Waals surface area (Å²) in [5.41, 5.74) is 0. The van der Waals surface area contributed by atoms with Gasteiger partial charge in [0.15, 0.2) is 0 Å². The third kappa shape index (κ3) is 9.24. The Morgan fingerprint density at radius 3 is 1.38 bits per heavy atom. The van der Waals surface area contributed by atoms with Crippen LogP contribution in [0.2, 0.25) is 0 Å². The zero-order valence-electron chi connectivity index (χ0n) is 4.32. The molecule has 1 N–H and O–H groups in total. The fourth-order valence-electron chi connectivity index (χ4n) is 0.248. The van der Waals surface area contributed by atoms with Crippen molar-refractivity contribution >= 4 is 31.6 Å². The maximum atomic E-state index is 9.92. The van der Waals surface area contributed by atoms with Crippen molar-refractivity contribution in [2.75, 3.05) is 0 Å². The first-order chi connectivity index (χ1) is 3.13. The molecule has 0 heterocycles. The van der Waals surface area contributed by atoms with Crippen LogP contribution in [0.4, 0.5) is 0 Å². The third-order valence-electron chi connectivity index (χ3n) is 0.352. The van der Waals surface area contributed by atoms with E-state index in [0.717, 1.165) is 0 Å². The Labute approximate surface area is 60.9 Å². The van der Waals surface area contributed by atoms with Crippen LogP contribution in [0, 0.1) is 0 Å². The molecular weight excluding hydrogens is 164 g/mol. The normalized spacial score (nSPS) is 6.75. The summed E-state index contributed by atoms with van der Waals surface area (Å²) >= 11 is 0. The summed E-state index contributed by atoms with van der Waals surface area (Å²) in [4.78, 5) is 19.8. The number of amides is 2. The van der Waals surface area contributed by atoms with Crippen molar-refractivity contribution in [3.8, 4) is 0 Å². The molecule has 0 aromatic carbocycles. The van der Waals surface area contributed by atoms with E-state index < -0.39 is 0 Å². The molecule has 0 saturated heterocycles. The molecule has 4 heteroatoms. The van der Waals surface area contributed by atoms with Crippen molar-refractivity contribution in [1.82, 2.24) is 5.32 Å². The van der Waals surface area contributed by atoms with Gasteiger partial charge in [-0.2, -0.15) is 0 Å². The molecule has 8 heavy (non-hydrogen) atoms. The van der Waals surface area contributed by atoms with E-state index in [1.165, 1.54) is 13.8 Å². The fraction of sp³-hybridized carbons (Fsp3) is 0.500. The monoisotopic (exact) mass is 173 g/mol. The number of imide groups is 1. The van der Waals surface area contributed by atoms with Gasteiger partial charge in [0, 0.05) is 13.8 Å². The van der Waals surface area contributed by atoms with Gasteiger partial charge in [-0.3, -0.25) is 14.9 Å². The topological polar surface area (TPSA) is 46.2 Å². The van der Waals surface area contributed by atoms with Crippen LogP contribution in [0.3, 0.4) is 0 Å². The van der Waals surface area contributed by atoms with Gasteiger partial charge in [-0.25, -0.2) is 0 Å². The van der Waals surface area contributed by atoms with Gasteiger partial charge in [-0.05, 0) is 0 Å². The second kappa shape index (κ2) is 4.92. The van der Waals surface area contributed by atoms with E-state index in [0.29, 0.717) is 0 Å². The number of nitrogens with one attached hydrogen (secondary N) is 1. The molecule has 46 valence electrons. The van der Waals surface area contributed by atoms with Crippen LogP contribution in [0.15, 0.2) is 0 Å². The van der Waals surface area contributed by atoms with Crippen LogP contribution >= 0.6 is 0 Å². The standard InChI is InChI=1S/C4H7NO2.Ga.3H/c1-3(6)5-4(2)7;;;;/h1-2H3,(H,5,6,7);;;;. The van der Waals surface area contributed by atoms with Crippen LogP contribution in [-0.2, 0) is 9.59 Å². The molecule has 0 bridgehead atoms. The molecule has 0 aromatic rings. The van der Waals surface area contributed by atoms with Crippen LogP contribution in [0.25, 0.3) is 0 Å². The van der Waals surface area contributed by atoms with E-state index in [1.807, 2.05) is 5.32 Å². The van der Waals surface area contributed by atoms with Crippen molar-refractivity contribution in [2.24, 2.45) is 0 Å². The Kier molecular flexibility index (Phi) is 6.59. The Hall–Kier alpha value is -0.224. The van der Waals surface area contributed by atoms with Crippen molar-refractivity contribution in [1.29, 1.82) is 0 Å². The number of hydrogen-bond donors (Lipinski definition) is 1. The Morgan fingerprint density at radius 2 is 1.38 bits per heavy atom. The summed E-state index contributed by atoms with van der Waals surface area (Å²) in [7, 11) is 0. The molecule has 2 amide bonds. The minimum atomic E-state index is -0.312. The molecule has 0 rings (SSSR count). The molecule has 0 spiro atoms. The van der Waals surface area contributed by atoms with Gasteiger partial charge in [-0.1, -0.05) is 0 Å². The fourth-order valence-corrected chi connectivity index (χ4v) is 0.248. The zero-order valence-corrected chi connectivity index (χ0v) is 4.32. The molecule has 0 aliphatic heterocycles. The molecule has 0 aliphatic carbocycles. The van der Waals surface area contributed by atoms with Gasteiger partial charge in [0.25, 0.3) is 0 Å². The van der Waals surface area contributed by atoms with E-state index in [2.05, 4.69) is 0 Å². The van der Waals surface area contributed by atoms with Gasteiger partial charge in [0.2, 0.25) is 11.8 Å². The van der Waals surface area contributed by atoms with E-state index >= 15 is 0 Å². The van der Waals surface area contributed by atoms with Gasteiger partial charge in [0.05, 0.1) is 0 Å². The van der Waals surface area contributed by atoms with Crippen LogP contribution in [-0.4, -0.2) is 31.6 Å². The molecule has 0 saturated carbocycles. The second-order valence-electron chi connectivity index (χ2n) is 1.24. The first kappa shape index (κ1) is 10.7. The van der Waals surface area contributed by atoms with E-state index in [-0.39, 0.29) is 31.6 Å². The first-order valence-electron chi connectivity index (χ1n) is 1.91. The molecule has 3 nitrogen and oxygen atoms in total. The van der Waals surface area contributed by atoms with E-state index in [4.69, 9.17) is 0 Å². The van der Waals surface area contributed by atoms with Gasteiger partial charge < -0.3 is 0 Å². The molecule has 0 aromatic heterocycles. The second-order valence-corrected chi connectivity index (χ2v) is 1.24. The van der Waals surface area contributed by atoms with Gasteiger partial charge in [0.1, 0.15) is 0 Å². The summed E-state index contributed by atoms with van der Waals surface area (Å²) in [6, 6.07) is 0. The quantitative estimate of drug-likeness (QED) is 0.453. The summed E-state index contributed by atoms with van der Waals surface area (Å²) in [6.45, 7) is 2.59. The molecule has 0 atom stereocenters. The number of carbonyl (C=O) groups excluding carboxylic acids is 2. The van der Waals surface area contributed by atoms with E-state index in [1.54, 1.807) is 0 Å². The van der Waals surface area contributed by atoms with E-state index in [9.17, 15) is 9.59 Å². The summed E-state index contributed by atoms with van der Waals surface area (Å²) in [5, 5.41) is 2.03. The number of rotatable bonds is 0. The predicted octanol–water partition coefficient (Wildman–Crippen LogP) is -1.51. The molecule has 0 unspecified atom stereocenters. The summed E-state index contributed by atoms with van der Waals surface area (Å²) < 4.78 is 0. The van der Waals surface area contributed by atoms with Gasteiger partial charge >= 0.3 is 19.8 Å².